The number of pyridine rings is 1. The van der Waals surface area contributed by atoms with Crippen molar-refractivity contribution < 1.29 is 14.3 Å². The van der Waals surface area contributed by atoms with Crippen LogP contribution < -0.4 is 15.4 Å². The van der Waals surface area contributed by atoms with E-state index in [1.807, 2.05) is 0 Å². The lowest BCUT2D eigenvalue weighted by molar-refractivity contribution is 0.102. The third kappa shape index (κ3) is 4.62. The number of aromatic nitrogens is 1. The number of carbonyl (C=O) groups excluding carboxylic acids is 2. The van der Waals surface area contributed by atoms with Crippen molar-refractivity contribution >= 4 is 34.8 Å². The predicted octanol–water partition coefficient (Wildman–Crippen LogP) is 4.25. The number of nitrogens with zero attached hydrogens (tertiary/aromatic N) is 1. The molecular weight excluding hydrogens is 366 g/mol. The Kier molecular flexibility index (Phi) is 5.68. The quantitative estimate of drug-likeness (QED) is 0.692. The molecule has 1 aromatic heterocycles. The van der Waals surface area contributed by atoms with E-state index in [-0.39, 0.29) is 11.1 Å². The van der Waals surface area contributed by atoms with Gasteiger partial charge in [-0.1, -0.05) is 29.8 Å². The molecule has 27 heavy (non-hydrogen) atoms. The standard InChI is InChI=1S/C20H16ClN3O3/c1-27-18-8-3-2-7-17(18)24-20(26)14-9-13(11-22-12-14)19(25)23-16-6-4-5-15(21)10-16/h2-12H,1H3,(H,23,25)(H,24,26). The first-order chi connectivity index (χ1) is 13.1. The lowest BCUT2D eigenvalue weighted by Gasteiger charge is -2.10. The molecule has 3 rings (SSSR count). The Balaban J connectivity index is 1.76. The number of rotatable bonds is 5. The van der Waals surface area contributed by atoms with Crippen molar-refractivity contribution in [3.05, 3.63) is 83.1 Å². The molecule has 0 fully saturated rings. The molecule has 2 amide bonds. The maximum atomic E-state index is 12.5. The van der Waals surface area contributed by atoms with Crippen LogP contribution >= 0.6 is 11.6 Å². The van der Waals surface area contributed by atoms with Crippen LogP contribution in [0, 0.1) is 0 Å². The van der Waals surface area contributed by atoms with Gasteiger partial charge in [0.25, 0.3) is 11.8 Å². The number of anilines is 2. The minimum Gasteiger partial charge on any atom is -0.495 e. The predicted molar refractivity (Wildman–Crippen MR) is 105 cm³/mol. The molecule has 6 nitrogen and oxygen atoms in total. The van der Waals surface area contributed by atoms with Crippen LogP contribution in [-0.2, 0) is 0 Å². The van der Waals surface area contributed by atoms with Gasteiger partial charge in [-0.15, -0.1) is 0 Å². The Morgan fingerprint density at radius 2 is 1.63 bits per heavy atom. The summed E-state index contributed by atoms with van der Waals surface area (Å²) >= 11 is 5.92. The zero-order valence-corrected chi connectivity index (χ0v) is 15.2. The van der Waals surface area contributed by atoms with Gasteiger partial charge < -0.3 is 15.4 Å². The Hall–Kier alpha value is -3.38. The molecule has 0 unspecified atom stereocenters. The van der Waals surface area contributed by atoms with E-state index in [1.165, 1.54) is 25.6 Å². The summed E-state index contributed by atoms with van der Waals surface area (Å²) < 4.78 is 5.21. The maximum absolute atomic E-state index is 12.5. The molecule has 0 saturated heterocycles. The van der Waals surface area contributed by atoms with Gasteiger partial charge in [0.2, 0.25) is 0 Å². The highest BCUT2D eigenvalue weighted by atomic mass is 35.5. The average Bonchev–Trinajstić information content (AvgIpc) is 2.68. The van der Waals surface area contributed by atoms with Gasteiger partial charge in [0.15, 0.2) is 0 Å². The van der Waals surface area contributed by atoms with Gasteiger partial charge in [-0.25, -0.2) is 0 Å². The Labute approximate surface area is 161 Å². The first-order valence-electron chi connectivity index (χ1n) is 8.03. The first kappa shape index (κ1) is 18.4. The monoisotopic (exact) mass is 381 g/mol. The molecule has 0 aliphatic carbocycles. The number of carbonyl (C=O) groups is 2. The zero-order chi connectivity index (χ0) is 19.2. The maximum Gasteiger partial charge on any atom is 0.257 e. The number of ether oxygens (including phenoxy) is 1. The van der Waals surface area contributed by atoms with Gasteiger partial charge in [0.05, 0.1) is 23.9 Å². The van der Waals surface area contributed by atoms with Crippen LogP contribution in [-0.4, -0.2) is 23.9 Å². The molecule has 0 aliphatic heterocycles. The van der Waals surface area contributed by atoms with Crippen LogP contribution in [0.25, 0.3) is 0 Å². The van der Waals surface area contributed by atoms with E-state index in [2.05, 4.69) is 15.6 Å². The van der Waals surface area contributed by atoms with E-state index in [4.69, 9.17) is 16.3 Å². The second-order valence-electron chi connectivity index (χ2n) is 5.58. The molecule has 2 aromatic carbocycles. The second kappa shape index (κ2) is 8.33. The number of para-hydroxylation sites is 2. The zero-order valence-electron chi connectivity index (χ0n) is 14.4. The molecule has 0 bridgehead atoms. The molecule has 0 radical (unpaired) electrons. The molecular formula is C20H16ClN3O3. The van der Waals surface area contributed by atoms with Gasteiger partial charge in [0.1, 0.15) is 5.75 Å². The van der Waals surface area contributed by atoms with Gasteiger partial charge >= 0.3 is 0 Å². The summed E-state index contributed by atoms with van der Waals surface area (Å²) in [6.45, 7) is 0. The fourth-order valence-electron chi connectivity index (χ4n) is 2.40. The summed E-state index contributed by atoms with van der Waals surface area (Å²) in [6, 6.07) is 15.3. The van der Waals surface area contributed by atoms with Crippen LogP contribution in [0.1, 0.15) is 20.7 Å². The van der Waals surface area contributed by atoms with Gasteiger partial charge in [-0.05, 0) is 36.4 Å². The Morgan fingerprint density at radius 3 is 2.33 bits per heavy atom. The number of halogens is 1. The Bertz CT molecular complexity index is 991. The van der Waals surface area contributed by atoms with E-state index in [0.717, 1.165) is 0 Å². The molecule has 136 valence electrons. The summed E-state index contributed by atoms with van der Waals surface area (Å²) in [5, 5.41) is 5.98. The third-order valence-electron chi connectivity index (χ3n) is 3.70. The van der Waals surface area contributed by atoms with E-state index >= 15 is 0 Å². The number of amides is 2. The van der Waals surface area contributed by atoms with E-state index < -0.39 is 11.8 Å². The summed E-state index contributed by atoms with van der Waals surface area (Å²) in [6.07, 6.45) is 2.78. The highest BCUT2D eigenvalue weighted by molar-refractivity contribution is 6.31. The van der Waals surface area contributed by atoms with Crippen LogP contribution in [0.4, 0.5) is 11.4 Å². The molecule has 1 heterocycles. The molecule has 0 aliphatic rings. The average molecular weight is 382 g/mol. The second-order valence-corrected chi connectivity index (χ2v) is 6.02. The van der Waals surface area contributed by atoms with Gasteiger partial charge in [-0.2, -0.15) is 0 Å². The fraction of sp³-hybridized carbons (Fsp3) is 0.0500. The third-order valence-corrected chi connectivity index (χ3v) is 3.94. The molecule has 2 N–H and O–H groups in total. The minimum absolute atomic E-state index is 0.250. The lowest BCUT2D eigenvalue weighted by Crippen LogP contribution is -2.16. The number of hydrogen-bond acceptors (Lipinski definition) is 4. The topological polar surface area (TPSA) is 80.3 Å². The van der Waals surface area contributed by atoms with Crippen LogP contribution in [0.15, 0.2) is 67.0 Å². The molecule has 0 atom stereocenters. The summed E-state index contributed by atoms with van der Waals surface area (Å²) in [5.74, 6) is -0.255. The molecule has 0 saturated carbocycles. The molecule has 0 spiro atoms. The highest BCUT2D eigenvalue weighted by Gasteiger charge is 2.13. The van der Waals surface area contributed by atoms with Crippen molar-refractivity contribution in [1.82, 2.24) is 4.98 Å². The van der Waals surface area contributed by atoms with Crippen LogP contribution in [0.3, 0.4) is 0 Å². The summed E-state index contributed by atoms with van der Waals surface area (Å²) in [7, 11) is 1.52. The van der Waals surface area contributed by atoms with E-state index in [1.54, 1.807) is 48.5 Å². The Morgan fingerprint density at radius 1 is 0.926 bits per heavy atom. The molecule has 7 heteroatoms. The van der Waals surface area contributed by atoms with Crippen molar-refractivity contribution in [2.75, 3.05) is 17.7 Å². The first-order valence-corrected chi connectivity index (χ1v) is 8.41. The normalized spacial score (nSPS) is 10.1. The van der Waals surface area contributed by atoms with Crippen molar-refractivity contribution in [1.29, 1.82) is 0 Å². The van der Waals surface area contributed by atoms with Crippen molar-refractivity contribution in [3.63, 3.8) is 0 Å². The van der Waals surface area contributed by atoms with Crippen LogP contribution in [0.2, 0.25) is 5.02 Å². The van der Waals surface area contributed by atoms with Gasteiger partial charge in [-0.3, -0.25) is 14.6 Å². The highest BCUT2D eigenvalue weighted by Crippen LogP contribution is 2.23. The van der Waals surface area contributed by atoms with E-state index in [9.17, 15) is 9.59 Å². The lowest BCUT2D eigenvalue weighted by atomic mass is 10.1. The van der Waals surface area contributed by atoms with Crippen molar-refractivity contribution in [2.45, 2.75) is 0 Å². The number of benzene rings is 2. The summed E-state index contributed by atoms with van der Waals surface area (Å²) in [5.41, 5.74) is 1.58. The van der Waals surface area contributed by atoms with Crippen LogP contribution in [0.5, 0.6) is 5.75 Å². The fourth-order valence-corrected chi connectivity index (χ4v) is 2.59. The minimum atomic E-state index is -0.399. The smallest absolute Gasteiger partial charge is 0.257 e. The molecule has 3 aromatic rings. The van der Waals surface area contributed by atoms with E-state index in [0.29, 0.717) is 22.1 Å². The number of hydrogen-bond donors (Lipinski definition) is 2. The SMILES string of the molecule is COc1ccccc1NC(=O)c1cncc(C(=O)Nc2cccc(Cl)c2)c1. The number of methoxy groups -OCH3 is 1. The van der Waals surface area contributed by atoms with Crippen molar-refractivity contribution in [3.8, 4) is 5.75 Å². The van der Waals surface area contributed by atoms with Crippen molar-refractivity contribution in [2.24, 2.45) is 0 Å². The largest absolute Gasteiger partial charge is 0.495 e. The summed E-state index contributed by atoms with van der Waals surface area (Å²) in [4.78, 5) is 28.9. The van der Waals surface area contributed by atoms with Gasteiger partial charge in [0, 0.05) is 23.1 Å². The number of nitrogens with one attached hydrogen (secondary N) is 2.